The van der Waals surface area contributed by atoms with Crippen LogP contribution in [0.2, 0.25) is 0 Å². The third kappa shape index (κ3) is 19.5. The minimum atomic E-state index is -1.66. The van der Waals surface area contributed by atoms with E-state index in [2.05, 4.69) is 57.2 Å². The van der Waals surface area contributed by atoms with Crippen molar-refractivity contribution in [1.29, 1.82) is 0 Å². The molecule has 3 heterocycles. The zero-order valence-corrected chi connectivity index (χ0v) is 43.2. The van der Waals surface area contributed by atoms with Gasteiger partial charge in [-0.2, -0.15) is 0 Å². The van der Waals surface area contributed by atoms with Crippen molar-refractivity contribution in [2.45, 2.75) is 125 Å². The molecule has 0 bridgehead atoms. The van der Waals surface area contributed by atoms with E-state index in [0.29, 0.717) is 67.6 Å². The molecule has 421 valence electrons. The summed E-state index contributed by atoms with van der Waals surface area (Å²) in [6.45, 7) is 0.653. The second-order valence-electron chi connectivity index (χ2n) is 18.8. The fourth-order valence-electron chi connectivity index (χ4n) is 8.66. The number of aliphatic hydroxyl groups is 1. The van der Waals surface area contributed by atoms with Crippen LogP contribution in [0.25, 0.3) is 0 Å². The van der Waals surface area contributed by atoms with Crippen molar-refractivity contribution in [2.75, 3.05) is 26.2 Å². The minimum Gasteiger partial charge on any atom is -0.480 e. The number of hydrogen-bond acceptors (Lipinski definition) is 15. The van der Waals surface area contributed by atoms with Crippen molar-refractivity contribution in [3.63, 3.8) is 0 Å². The molecule has 1 fully saturated rings. The zero-order chi connectivity index (χ0) is 56.4. The summed E-state index contributed by atoms with van der Waals surface area (Å²) < 4.78 is 0. The van der Waals surface area contributed by atoms with Crippen LogP contribution in [0.15, 0.2) is 85.7 Å². The number of benzene rings is 2. The summed E-state index contributed by atoms with van der Waals surface area (Å²) in [5.41, 5.74) is 19.9. The lowest BCUT2D eigenvalue weighted by molar-refractivity contribution is -0.143. The van der Waals surface area contributed by atoms with Gasteiger partial charge in [0.1, 0.15) is 48.8 Å². The van der Waals surface area contributed by atoms with Crippen molar-refractivity contribution in [1.82, 2.24) is 62.1 Å². The fraction of sp³-hybridized carbons (Fsp3) is 0.462. The number of carbonyl (C=O) groups is 9. The molecule has 78 heavy (non-hydrogen) atoms. The Labute approximate surface area is 451 Å². The first-order valence-corrected chi connectivity index (χ1v) is 25.9. The summed E-state index contributed by atoms with van der Waals surface area (Å²) in [6, 6.07) is 7.26. The van der Waals surface area contributed by atoms with Crippen LogP contribution in [0, 0.1) is 6.54 Å². The summed E-state index contributed by atoms with van der Waals surface area (Å²) in [6.07, 6.45) is 8.59. The second-order valence-corrected chi connectivity index (χ2v) is 18.8. The minimum absolute atomic E-state index is 0.0134. The van der Waals surface area contributed by atoms with Gasteiger partial charge < -0.3 is 79.5 Å². The number of imidazole rings is 2. The van der Waals surface area contributed by atoms with Gasteiger partial charge in [0.05, 0.1) is 25.3 Å². The zero-order valence-electron chi connectivity index (χ0n) is 43.2. The molecule has 5 rings (SSSR count). The third-order valence-corrected chi connectivity index (χ3v) is 12.9. The van der Waals surface area contributed by atoms with E-state index in [0.717, 1.165) is 6.54 Å². The number of nitrogens with one attached hydrogen (secondary N) is 9. The molecule has 1 aliphatic heterocycles. The molecule has 2 aromatic carbocycles. The number of aliphatic carboxylic acids is 1. The predicted octanol–water partition coefficient (Wildman–Crippen LogP) is -2.76. The van der Waals surface area contributed by atoms with Crippen LogP contribution in [-0.2, 0) is 68.8 Å². The largest absolute Gasteiger partial charge is 0.480 e. The number of amides is 8. The first kappa shape index (κ1) is 60.8. The summed E-state index contributed by atoms with van der Waals surface area (Å²) in [5, 5.41) is 37.0. The number of aliphatic hydroxyl groups excluding tert-OH is 1. The van der Waals surface area contributed by atoms with E-state index in [9.17, 15) is 53.4 Å². The van der Waals surface area contributed by atoms with Gasteiger partial charge in [-0.3, -0.25) is 38.4 Å². The molecule has 2 aromatic heterocycles. The first-order valence-electron chi connectivity index (χ1n) is 25.9. The number of carbonyl (C=O) groups excluding carboxylic acids is 8. The summed E-state index contributed by atoms with van der Waals surface area (Å²) >= 11 is 0. The van der Waals surface area contributed by atoms with Crippen LogP contribution >= 0.6 is 0 Å². The molecule has 4 aromatic rings. The first-order chi connectivity index (χ1) is 37.6. The van der Waals surface area contributed by atoms with Gasteiger partial charge >= 0.3 is 5.97 Å². The van der Waals surface area contributed by atoms with Gasteiger partial charge in [0.2, 0.25) is 47.3 Å². The van der Waals surface area contributed by atoms with Gasteiger partial charge in [0, 0.05) is 56.0 Å². The lowest BCUT2D eigenvalue weighted by Gasteiger charge is -2.31. The molecule has 26 heteroatoms. The Hall–Kier alpha value is -8.07. The highest BCUT2D eigenvalue weighted by Crippen LogP contribution is 2.21. The molecule has 0 spiro atoms. The van der Waals surface area contributed by atoms with Crippen LogP contribution < -0.4 is 54.4 Å². The molecule has 1 aliphatic rings. The molecule has 1 saturated heterocycles. The standard InChI is InChI=1S/C52H72N15O11/c53-19-9-7-16-36(55)45(70)63-41(25-35-27-57-31-60-35)49(74)64-39(23-33-14-5-2-6-15-33)48(73)62-37(17-8-10-20-54)51(76)67-21-11-18-43(67)50(75)65-40(24-34-26-56-30-59-34)46(71)58-28-44(69)61-38(22-32-12-3-1-4-13-32)47(72)66-42(29-68)52(77)78/h1-6,12-15,26-28,30-31,36-43,68H,7-11,16-25,29,53-55H2,(H,56,59)(H,57,60)(H,58,71)(H,61,69)(H,62,73)(H,63,70)(H,64,74)(H,65,75)(H,66,72)(H,77,78). The van der Waals surface area contributed by atoms with E-state index in [1.165, 1.54) is 29.9 Å². The molecular weight excluding hydrogens is 1010 g/mol. The summed E-state index contributed by atoms with van der Waals surface area (Å²) in [5.74, 6) is -7.57. The van der Waals surface area contributed by atoms with Crippen LogP contribution in [0.5, 0.6) is 0 Å². The van der Waals surface area contributed by atoms with Crippen molar-refractivity contribution in [3.05, 3.63) is 115 Å². The number of nitrogens with two attached hydrogens (primary N) is 3. The Balaban J connectivity index is 1.31. The van der Waals surface area contributed by atoms with E-state index in [1.807, 2.05) is 0 Å². The number of H-pyrrole nitrogens is 2. The normalized spacial score (nSPS) is 15.7. The average molecular weight is 1080 g/mol. The van der Waals surface area contributed by atoms with E-state index < -0.39 is 108 Å². The van der Waals surface area contributed by atoms with Gasteiger partial charge in [0.25, 0.3) is 0 Å². The van der Waals surface area contributed by atoms with Crippen molar-refractivity contribution in [2.24, 2.45) is 17.2 Å². The highest BCUT2D eigenvalue weighted by molar-refractivity contribution is 5.99. The number of rotatable bonds is 33. The van der Waals surface area contributed by atoms with Crippen LogP contribution in [0.4, 0.5) is 0 Å². The van der Waals surface area contributed by atoms with E-state index in [4.69, 9.17) is 17.2 Å². The van der Waals surface area contributed by atoms with Crippen LogP contribution in [0.3, 0.4) is 0 Å². The van der Waals surface area contributed by atoms with E-state index in [1.54, 1.807) is 60.7 Å². The molecule has 8 unspecified atom stereocenters. The maximum atomic E-state index is 14.7. The number of carboxylic acids is 1. The van der Waals surface area contributed by atoms with E-state index >= 15 is 0 Å². The predicted molar refractivity (Wildman–Crippen MR) is 282 cm³/mol. The maximum Gasteiger partial charge on any atom is 0.328 e. The highest BCUT2D eigenvalue weighted by atomic mass is 16.4. The Kier molecular flexibility index (Phi) is 24.8. The Bertz CT molecular complexity index is 2560. The lowest BCUT2D eigenvalue weighted by Crippen LogP contribution is -2.60. The number of unbranched alkanes of at least 4 members (excludes halogenated alkanes) is 2. The topological polar surface area (TPSA) is 417 Å². The summed E-state index contributed by atoms with van der Waals surface area (Å²) in [4.78, 5) is 138. The number of likely N-dealkylation sites (tertiary alicyclic amines) is 1. The van der Waals surface area contributed by atoms with Crippen molar-refractivity contribution >= 4 is 53.2 Å². The SMILES string of the molecule is NCCCCC(N)C(=O)NC(Cc1cnc[nH]1)C(=O)NC(Cc1ccccc1)C(=O)NC(CCCCN)C(=O)N1CCCC1C(=O)NC(Cc1cnc[nH]1)C(=O)N[CH]C(=O)NC(Cc1ccccc1)C(=O)NC(CO)C(=O)O. The average Bonchev–Trinajstić information content (AvgIpc) is 4.26. The lowest BCUT2D eigenvalue weighted by atomic mass is 10.0. The maximum absolute atomic E-state index is 14.7. The molecule has 8 amide bonds. The van der Waals surface area contributed by atoms with Gasteiger partial charge in [0.15, 0.2) is 0 Å². The van der Waals surface area contributed by atoms with Crippen LogP contribution in [0.1, 0.15) is 73.9 Å². The third-order valence-electron chi connectivity index (χ3n) is 12.9. The molecule has 17 N–H and O–H groups in total. The summed E-state index contributed by atoms with van der Waals surface area (Å²) in [7, 11) is 0. The molecule has 0 saturated carbocycles. The van der Waals surface area contributed by atoms with Crippen LogP contribution in [-0.4, -0.2) is 163 Å². The quantitative estimate of drug-likeness (QED) is 0.0215. The van der Waals surface area contributed by atoms with Crippen molar-refractivity contribution < 1.29 is 53.4 Å². The molecule has 26 nitrogen and oxygen atoms in total. The molecule has 8 atom stereocenters. The molecular formula is C52H72N15O11. The number of hydrogen-bond donors (Lipinski definition) is 14. The smallest absolute Gasteiger partial charge is 0.328 e. The Morgan fingerprint density at radius 2 is 1.10 bits per heavy atom. The number of aromatic amines is 2. The Morgan fingerprint density at radius 1 is 0.615 bits per heavy atom. The van der Waals surface area contributed by atoms with Gasteiger partial charge in [-0.15, -0.1) is 0 Å². The number of carboxylic acid groups (broad SMARTS) is 1. The fourth-order valence-corrected chi connectivity index (χ4v) is 8.66. The highest BCUT2D eigenvalue weighted by Gasteiger charge is 2.40. The van der Waals surface area contributed by atoms with Gasteiger partial charge in [-0.1, -0.05) is 67.1 Å². The molecule has 0 aliphatic carbocycles. The monoisotopic (exact) mass is 1080 g/mol. The molecule has 1 radical (unpaired) electrons. The van der Waals surface area contributed by atoms with Gasteiger partial charge in [-0.25, -0.2) is 14.8 Å². The number of aromatic nitrogens is 4. The van der Waals surface area contributed by atoms with Crippen molar-refractivity contribution in [3.8, 4) is 0 Å². The second kappa shape index (κ2) is 31.9. The van der Waals surface area contributed by atoms with Gasteiger partial charge in [-0.05, 0) is 69.2 Å². The number of nitrogens with zero attached hydrogens (tertiary/aromatic N) is 3. The van der Waals surface area contributed by atoms with E-state index in [-0.39, 0.29) is 51.6 Å². The Morgan fingerprint density at radius 3 is 1.62 bits per heavy atom.